The highest BCUT2D eigenvalue weighted by Crippen LogP contribution is 2.02. The molecular formula is C15H16O6. The Bertz CT molecular complexity index is 520. The van der Waals surface area contributed by atoms with Crippen molar-refractivity contribution in [2.75, 3.05) is 13.2 Å². The van der Waals surface area contributed by atoms with Crippen LogP contribution in [0.2, 0.25) is 0 Å². The van der Waals surface area contributed by atoms with Crippen LogP contribution in [0, 0.1) is 0 Å². The molecule has 0 unspecified atom stereocenters. The molecule has 21 heavy (non-hydrogen) atoms. The van der Waals surface area contributed by atoms with Crippen LogP contribution < -0.4 is 0 Å². The van der Waals surface area contributed by atoms with Crippen LogP contribution >= 0.6 is 0 Å². The monoisotopic (exact) mass is 292 g/mol. The van der Waals surface area contributed by atoms with Crippen molar-refractivity contribution in [3.63, 3.8) is 0 Å². The van der Waals surface area contributed by atoms with Crippen LogP contribution in [0.1, 0.15) is 12.0 Å². The van der Waals surface area contributed by atoms with E-state index in [2.05, 4.69) is 11.3 Å². The van der Waals surface area contributed by atoms with Gasteiger partial charge in [0.2, 0.25) is 0 Å². The van der Waals surface area contributed by atoms with Gasteiger partial charge in [-0.05, 0) is 5.56 Å². The fourth-order valence-electron chi connectivity index (χ4n) is 1.45. The first-order valence-electron chi connectivity index (χ1n) is 6.25. The Morgan fingerprint density at radius 2 is 1.76 bits per heavy atom. The standard InChI is InChI=1S/C15H16O6/c1-11(9-13(16)17)15(19)21-10-14(18)20-8-7-12-5-3-2-4-6-12/h2-6H,1,7-10H2,(H,16,17). The minimum atomic E-state index is -1.19. The average molecular weight is 292 g/mol. The smallest absolute Gasteiger partial charge is 0.344 e. The lowest BCUT2D eigenvalue weighted by molar-refractivity contribution is -0.156. The number of aliphatic carboxylic acids is 1. The molecule has 0 fully saturated rings. The summed E-state index contributed by atoms with van der Waals surface area (Å²) in [5.41, 5.74) is 0.803. The Balaban J connectivity index is 2.20. The number of benzene rings is 1. The van der Waals surface area contributed by atoms with Gasteiger partial charge in [-0.15, -0.1) is 0 Å². The zero-order valence-corrected chi connectivity index (χ0v) is 11.4. The number of carboxylic acid groups (broad SMARTS) is 1. The van der Waals surface area contributed by atoms with Crippen molar-refractivity contribution < 1.29 is 29.0 Å². The second-order valence-corrected chi connectivity index (χ2v) is 4.21. The van der Waals surface area contributed by atoms with E-state index >= 15 is 0 Å². The minimum Gasteiger partial charge on any atom is -0.481 e. The Labute approximate surface area is 122 Å². The van der Waals surface area contributed by atoms with Crippen LogP contribution in [0.3, 0.4) is 0 Å². The number of carbonyl (C=O) groups excluding carboxylic acids is 2. The number of hydrogen-bond donors (Lipinski definition) is 1. The summed E-state index contributed by atoms with van der Waals surface area (Å²) in [5.74, 6) is -2.80. The molecule has 0 amide bonds. The van der Waals surface area contributed by atoms with Gasteiger partial charge in [0.05, 0.1) is 13.0 Å². The van der Waals surface area contributed by atoms with Gasteiger partial charge in [0, 0.05) is 12.0 Å². The molecule has 0 radical (unpaired) electrons. The van der Waals surface area contributed by atoms with Crippen molar-refractivity contribution in [1.82, 2.24) is 0 Å². The van der Waals surface area contributed by atoms with E-state index < -0.39 is 30.9 Å². The van der Waals surface area contributed by atoms with Crippen LogP contribution in [0.4, 0.5) is 0 Å². The normalized spacial score (nSPS) is 9.71. The molecule has 0 aromatic heterocycles. The summed E-state index contributed by atoms with van der Waals surface area (Å²) < 4.78 is 9.49. The first kappa shape index (κ1) is 16.4. The summed E-state index contributed by atoms with van der Waals surface area (Å²) in [7, 11) is 0. The van der Waals surface area contributed by atoms with Crippen molar-refractivity contribution in [2.24, 2.45) is 0 Å². The number of hydrogen-bond acceptors (Lipinski definition) is 5. The summed E-state index contributed by atoms with van der Waals surface area (Å²) in [5, 5.41) is 8.47. The SMILES string of the molecule is C=C(CC(=O)O)C(=O)OCC(=O)OCCc1ccccc1. The van der Waals surface area contributed by atoms with Gasteiger partial charge in [-0.25, -0.2) is 9.59 Å². The molecule has 112 valence electrons. The summed E-state index contributed by atoms with van der Waals surface area (Å²) in [6.07, 6.45) is 0.0359. The number of carbonyl (C=O) groups is 3. The average Bonchev–Trinajstić information content (AvgIpc) is 2.45. The Hall–Kier alpha value is -2.63. The third kappa shape index (κ3) is 6.91. The van der Waals surface area contributed by atoms with E-state index in [0.29, 0.717) is 6.42 Å². The van der Waals surface area contributed by atoms with E-state index in [-0.39, 0.29) is 12.2 Å². The fraction of sp³-hybridized carbons (Fsp3) is 0.267. The van der Waals surface area contributed by atoms with E-state index in [1.165, 1.54) is 0 Å². The third-order valence-corrected chi connectivity index (χ3v) is 2.47. The molecular weight excluding hydrogens is 276 g/mol. The minimum absolute atomic E-state index is 0.177. The Morgan fingerprint density at radius 1 is 1.10 bits per heavy atom. The molecule has 0 aliphatic rings. The van der Waals surface area contributed by atoms with Crippen molar-refractivity contribution >= 4 is 17.9 Å². The summed E-state index contributed by atoms with van der Waals surface area (Å²) in [6, 6.07) is 9.46. The zero-order chi connectivity index (χ0) is 15.7. The molecule has 1 aromatic rings. The van der Waals surface area contributed by atoms with Gasteiger partial charge in [-0.2, -0.15) is 0 Å². The molecule has 0 aliphatic heterocycles. The second-order valence-electron chi connectivity index (χ2n) is 4.21. The number of carboxylic acids is 1. The van der Waals surface area contributed by atoms with Crippen LogP contribution in [-0.2, 0) is 30.3 Å². The van der Waals surface area contributed by atoms with Crippen LogP contribution in [0.25, 0.3) is 0 Å². The second kappa shape index (κ2) is 8.52. The van der Waals surface area contributed by atoms with Crippen LogP contribution in [0.15, 0.2) is 42.5 Å². The largest absolute Gasteiger partial charge is 0.481 e. The number of esters is 2. The molecule has 0 heterocycles. The molecule has 0 spiro atoms. The molecule has 0 aliphatic carbocycles. The van der Waals surface area contributed by atoms with E-state index in [4.69, 9.17) is 9.84 Å². The Morgan fingerprint density at radius 3 is 2.38 bits per heavy atom. The maximum Gasteiger partial charge on any atom is 0.344 e. The summed E-state index contributed by atoms with van der Waals surface area (Å²) in [6.45, 7) is 2.88. The molecule has 1 N–H and O–H groups in total. The molecule has 0 saturated carbocycles. The van der Waals surface area contributed by atoms with Crippen molar-refractivity contribution in [3.05, 3.63) is 48.0 Å². The maximum atomic E-state index is 11.3. The lowest BCUT2D eigenvalue weighted by Gasteiger charge is -2.06. The van der Waals surface area contributed by atoms with Crippen molar-refractivity contribution in [2.45, 2.75) is 12.8 Å². The van der Waals surface area contributed by atoms with Crippen molar-refractivity contribution in [1.29, 1.82) is 0 Å². The molecule has 1 rings (SSSR count). The third-order valence-electron chi connectivity index (χ3n) is 2.47. The zero-order valence-electron chi connectivity index (χ0n) is 11.4. The molecule has 0 bridgehead atoms. The summed E-state index contributed by atoms with van der Waals surface area (Å²) in [4.78, 5) is 33.0. The van der Waals surface area contributed by atoms with Crippen LogP contribution in [0.5, 0.6) is 0 Å². The molecule has 6 nitrogen and oxygen atoms in total. The van der Waals surface area contributed by atoms with Gasteiger partial charge < -0.3 is 14.6 Å². The topological polar surface area (TPSA) is 89.9 Å². The van der Waals surface area contributed by atoms with Gasteiger partial charge in [-0.1, -0.05) is 36.9 Å². The van der Waals surface area contributed by atoms with Gasteiger partial charge in [-0.3, -0.25) is 4.79 Å². The highest BCUT2D eigenvalue weighted by molar-refractivity contribution is 5.93. The Kier molecular flexibility index (Phi) is 6.67. The van der Waals surface area contributed by atoms with Crippen molar-refractivity contribution in [3.8, 4) is 0 Å². The van der Waals surface area contributed by atoms with Gasteiger partial charge in [0.25, 0.3) is 0 Å². The van der Waals surface area contributed by atoms with Gasteiger partial charge in [0.1, 0.15) is 0 Å². The highest BCUT2D eigenvalue weighted by Gasteiger charge is 2.14. The van der Waals surface area contributed by atoms with Crippen LogP contribution in [-0.4, -0.2) is 36.2 Å². The molecule has 0 saturated heterocycles. The summed E-state index contributed by atoms with van der Waals surface area (Å²) >= 11 is 0. The quantitative estimate of drug-likeness (QED) is 0.574. The lowest BCUT2D eigenvalue weighted by Crippen LogP contribution is -2.19. The number of ether oxygens (including phenoxy) is 2. The predicted molar refractivity (Wildman–Crippen MR) is 73.5 cm³/mol. The van der Waals surface area contributed by atoms with Gasteiger partial charge in [0.15, 0.2) is 6.61 Å². The highest BCUT2D eigenvalue weighted by atomic mass is 16.6. The van der Waals surface area contributed by atoms with Gasteiger partial charge >= 0.3 is 17.9 Å². The molecule has 0 atom stereocenters. The molecule has 1 aromatic carbocycles. The van der Waals surface area contributed by atoms with E-state index in [9.17, 15) is 14.4 Å². The lowest BCUT2D eigenvalue weighted by atomic mass is 10.2. The first-order chi connectivity index (χ1) is 9.99. The first-order valence-corrected chi connectivity index (χ1v) is 6.25. The van der Waals surface area contributed by atoms with E-state index in [1.807, 2.05) is 30.3 Å². The van der Waals surface area contributed by atoms with E-state index in [1.54, 1.807) is 0 Å². The predicted octanol–water partition coefficient (Wildman–Crippen LogP) is 1.35. The number of rotatable bonds is 8. The fourth-order valence-corrected chi connectivity index (χ4v) is 1.45. The maximum absolute atomic E-state index is 11.3. The van der Waals surface area contributed by atoms with E-state index in [0.717, 1.165) is 5.56 Å². The molecule has 6 heteroatoms.